The SMILES string of the molecule is Cc1n[nH]c(C)c1C(=O)NC(C(=O)O)C(C)C. The van der Waals surface area contributed by atoms with E-state index in [1.165, 1.54) is 0 Å². The van der Waals surface area contributed by atoms with Crippen LogP contribution in [-0.4, -0.2) is 33.2 Å². The summed E-state index contributed by atoms with van der Waals surface area (Å²) in [5.74, 6) is -1.62. The van der Waals surface area contributed by atoms with E-state index in [1.54, 1.807) is 27.7 Å². The second-order valence-electron chi connectivity index (χ2n) is 4.34. The molecule has 0 saturated heterocycles. The van der Waals surface area contributed by atoms with Crippen LogP contribution in [0.15, 0.2) is 0 Å². The number of hydrogen-bond acceptors (Lipinski definition) is 3. The fraction of sp³-hybridized carbons (Fsp3) is 0.545. The summed E-state index contributed by atoms with van der Waals surface area (Å²) in [5, 5.41) is 18.1. The second-order valence-corrected chi connectivity index (χ2v) is 4.34. The van der Waals surface area contributed by atoms with Crippen molar-refractivity contribution >= 4 is 11.9 Å². The number of aryl methyl sites for hydroxylation is 2. The molecule has 1 aromatic rings. The van der Waals surface area contributed by atoms with E-state index in [0.29, 0.717) is 17.0 Å². The van der Waals surface area contributed by atoms with Gasteiger partial charge < -0.3 is 10.4 Å². The zero-order chi connectivity index (χ0) is 13.2. The van der Waals surface area contributed by atoms with Crippen molar-refractivity contribution in [2.75, 3.05) is 0 Å². The van der Waals surface area contributed by atoms with Crippen LogP contribution in [0.3, 0.4) is 0 Å². The highest BCUT2D eigenvalue weighted by Crippen LogP contribution is 2.10. The van der Waals surface area contributed by atoms with Gasteiger partial charge in [-0.2, -0.15) is 5.10 Å². The van der Waals surface area contributed by atoms with E-state index < -0.39 is 17.9 Å². The first-order valence-electron chi connectivity index (χ1n) is 5.39. The normalized spacial score (nSPS) is 12.5. The number of carboxylic acids is 1. The van der Waals surface area contributed by atoms with Gasteiger partial charge in [0.05, 0.1) is 11.3 Å². The van der Waals surface area contributed by atoms with Crippen LogP contribution in [0.2, 0.25) is 0 Å². The molecule has 1 heterocycles. The van der Waals surface area contributed by atoms with E-state index in [4.69, 9.17) is 5.11 Å². The maximum absolute atomic E-state index is 11.9. The number of H-pyrrole nitrogens is 1. The summed E-state index contributed by atoms with van der Waals surface area (Å²) in [5.41, 5.74) is 1.61. The number of carbonyl (C=O) groups is 2. The molecule has 1 unspecified atom stereocenters. The monoisotopic (exact) mass is 239 g/mol. The van der Waals surface area contributed by atoms with Gasteiger partial charge in [0.1, 0.15) is 6.04 Å². The zero-order valence-electron chi connectivity index (χ0n) is 10.4. The molecule has 3 N–H and O–H groups in total. The van der Waals surface area contributed by atoms with Crippen molar-refractivity contribution in [1.82, 2.24) is 15.5 Å². The molecular weight excluding hydrogens is 222 g/mol. The van der Waals surface area contributed by atoms with E-state index in [1.807, 2.05) is 0 Å². The van der Waals surface area contributed by atoms with E-state index in [0.717, 1.165) is 0 Å². The van der Waals surface area contributed by atoms with Crippen molar-refractivity contribution in [2.45, 2.75) is 33.7 Å². The van der Waals surface area contributed by atoms with Gasteiger partial charge in [-0.3, -0.25) is 9.89 Å². The predicted octanol–water partition coefficient (Wildman–Crippen LogP) is 0.866. The maximum atomic E-state index is 11.9. The molecule has 1 aromatic heterocycles. The van der Waals surface area contributed by atoms with Gasteiger partial charge in [-0.25, -0.2) is 4.79 Å². The summed E-state index contributed by atoms with van der Waals surface area (Å²) >= 11 is 0. The van der Waals surface area contributed by atoms with Gasteiger partial charge in [0.2, 0.25) is 0 Å². The van der Waals surface area contributed by atoms with E-state index in [-0.39, 0.29) is 5.92 Å². The number of aromatic nitrogens is 2. The quantitative estimate of drug-likeness (QED) is 0.726. The minimum Gasteiger partial charge on any atom is -0.480 e. The Labute approximate surface area is 99.4 Å². The molecule has 1 atom stereocenters. The maximum Gasteiger partial charge on any atom is 0.326 e. The van der Waals surface area contributed by atoms with Crippen LogP contribution < -0.4 is 5.32 Å². The molecule has 0 fully saturated rings. The third kappa shape index (κ3) is 2.83. The summed E-state index contributed by atoms with van der Waals surface area (Å²) in [6.45, 7) is 6.91. The van der Waals surface area contributed by atoms with Gasteiger partial charge >= 0.3 is 5.97 Å². The summed E-state index contributed by atoms with van der Waals surface area (Å²) < 4.78 is 0. The van der Waals surface area contributed by atoms with E-state index in [9.17, 15) is 9.59 Å². The Hall–Kier alpha value is -1.85. The Bertz CT molecular complexity index is 418. The van der Waals surface area contributed by atoms with Crippen LogP contribution in [0.1, 0.15) is 35.6 Å². The minimum atomic E-state index is -1.04. The first-order valence-corrected chi connectivity index (χ1v) is 5.39. The Morgan fingerprint density at radius 1 is 1.35 bits per heavy atom. The highest BCUT2D eigenvalue weighted by atomic mass is 16.4. The number of hydrogen-bond donors (Lipinski definition) is 3. The lowest BCUT2D eigenvalue weighted by molar-refractivity contribution is -0.140. The van der Waals surface area contributed by atoms with Crippen LogP contribution in [0.5, 0.6) is 0 Å². The van der Waals surface area contributed by atoms with Crippen molar-refractivity contribution in [2.24, 2.45) is 5.92 Å². The predicted molar refractivity (Wildman–Crippen MR) is 61.8 cm³/mol. The molecular formula is C11H17N3O3. The molecule has 0 aromatic carbocycles. The van der Waals surface area contributed by atoms with Crippen molar-refractivity contribution in [1.29, 1.82) is 0 Å². The number of aromatic amines is 1. The summed E-state index contributed by atoms with van der Waals surface area (Å²) in [6, 6.07) is -0.892. The molecule has 0 saturated carbocycles. The fourth-order valence-corrected chi connectivity index (χ4v) is 1.61. The van der Waals surface area contributed by atoms with Crippen LogP contribution in [0, 0.1) is 19.8 Å². The number of nitrogens with zero attached hydrogens (tertiary/aromatic N) is 1. The molecule has 0 aliphatic rings. The average molecular weight is 239 g/mol. The zero-order valence-corrected chi connectivity index (χ0v) is 10.4. The van der Waals surface area contributed by atoms with Crippen LogP contribution in [-0.2, 0) is 4.79 Å². The van der Waals surface area contributed by atoms with Crippen LogP contribution >= 0.6 is 0 Å². The number of carbonyl (C=O) groups excluding carboxylic acids is 1. The Balaban J connectivity index is 2.89. The molecule has 6 heteroatoms. The van der Waals surface area contributed by atoms with Gasteiger partial charge in [0, 0.05) is 5.69 Å². The Morgan fingerprint density at radius 3 is 2.29 bits per heavy atom. The summed E-state index contributed by atoms with van der Waals surface area (Å²) in [6.07, 6.45) is 0. The lowest BCUT2D eigenvalue weighted by Gasteiger charge is -2.17. The molecule has 0 radical (unpaired) electrons. The van der Waals surface area contributed by atoms with Gasteiger partial charge in [-0.1, -0.05) is 13.8 Å². The van der Waals surface area contributed by atoms with Gasteiger partial charge in [0.15, 0.2) is 0 Å². The molecule has 0 bridgehead atoms. The minimum absolute atomic E-state index is 0.177. The molecule has 17 heavy (non-hydrogen) atoms. The van der Waals surface area contributed by atoms with Crippen molar-refractivity contribution in [3.05, 3.63) is 17.0 Å². The largest absolute Gasteiger partial charge is 0.480 e. The molecule has 0 aliphatic heterocycles. The van der Waals surface area contributed by atoms with Crippen molar-refractivity contribution < 1.29 is 14.7 Å². The topological polar surface area (TPSA) is 95.1 Å². The molecule has 94 valence electrons. The van der Waals surface area contributed by atoms with Gasteiger partial charge in [0.25, 0.3) is 5.91 Å². The van der Waals surface area contributed by atoms with Crippen LogP contribution in [0.4, 0.5) is 0 Å². The van der Waals surface area contributed by atoms with Crippen molar-refractivity contribution in [3.63, 3.8) is 0 Å². The highest BCUT2D eigenvalue weighted by Gasteiger charge is 2.25. The Morgan fingerprint density at radius 2 is 1.94 bits per heavy atom. The molecule has 6 nitrogen and oxygen atoms in total. The average Bonchev–Trinajstić information content (AvgIpc) is 2.53. The third-order valence-electron chi connectivity index (χ3n) is 2.57. The fourth-order valence-electron chi connectivity index (χ4n) is 1.61. The van der Waals surface area contributed by atoms with Crippen LogP contribution in [0.25, 0.3) is 0 Å². The molecule has 1 rings (SSSR count). The summed E-state index contributed by atoms with van der Waals surface area (Å²) in [7, 11) is 0. The highest BCUT2D eigenvalue weighted by molar-refractivity contribution is 5.98. The lowest BCUT2D eigenvalue weighted by atomic mass is 10.0. The first kappa shape index (κ1) is 13.2. The van der Waals surface area contributed by atoms with E-state index in [2.05, 4.69) is 15.5 Å². The third-order valence-corrected chi connectivity index (χ3v) is 2.57. The second kappa shape index (κ2) is 4.99. The van der Waals surface area contributed by atoms with E-state index >= 15 is 0 Å². The number of amides is 1. The number of carboxylic acid groups (broad SMARTS) is 1. The standard InChI is InChI=1S/C11H17N3O3/c1-5(2)9(11(16)17)12-10(15)8-6(3)13-14-7(8)4/h5,9H,1-4H3,(H,12,15)(H,13,14)(H,16,17). The molecule has 1 amide bonds. The molecule has 0 aliphatic carbocycles. The van der Waals surface area contributed by atoms with Gasteiger partial charge in [-0.15, -0.1) is 0 Å². The first-order chi connectivity index (χ1) is 7.84. The molecule has 0 spiro atoms. The number of aliphatic carboxylic acids is 1. The smallest absolute Gasteiger partial charge is 0.326 e. The summed E-state index contributed by atoms with van der Waals surface area (Å²) in [4.78, 5) is 22.9. The Kier molecular flexibility index (Phi) is 3.88. The van der Waals surface area contributed by atoms with Gasteiger partial charge in [-0.05, 0) is 19.8 Å². The number of nitrogens with one attached hydrogen (secondary N) is 2. The van der Waals surface area contributed by atoms with Crippen molar-refractivity contribution in [3.8, 4) is 0 Å². The number of rotatable bonds is 4. The lowest BCUT2D eigenvalue weighted by Crippen LogP contribution is -2.44.